The van der Waals surface area contributed by atoms with Crippen molar-refractivity contribution < 1.29 is 13.2 Å². The molecule has 0 spiro atoms. The van der Waals surface area contributed by atoms with E-state index in [0.717, 1.165) is 16.5 Å². The van der Waals surface area contributed by atoms with Crippen molar-refractivity contribution in [3.63, 3.8) is 0 Å². The lowest BCUT2D eigenvalue weighted by Gasteiger charge is -2.34. The van der Waals surface area contributed by atoms with Gasteiger partial charge in [-0.3, -0.25) is 0 Å². The maximum absolute atomic E-state index is 14.5. The summed E-state index contributed by atoms with van der Waals surface area (Å²) in [4.78, 5) is 0. The van der Waals surface area contributed by atoms with E-state index in [0.29, 0.717) is 23.9 Å². The number of rotatable bonds is 1. The first-order chi connectivity index (χ1) is 11.0. The Balaban J connectivity index is 2.08. The van der Waals surface area contributed by atoms with Crippen molar-refractivity contribution in [3.05, 3.63) is 47.8 Å². The summed E-state index contributed by atoms with van der Waals surface area (Å²) in [5.74, 6) is -3.19. The van der Waals surface area contributed by atoms with Crippen LogP contribution in [0.25, 0.3) is 21.8 Å². The van der Waals surface area contributed by atoms with Crippen molar-refractivity contribution in [2.24, 2.45) is 0 Å². The molecule has 1 aliphatic heterocycles. The van der Waals surface area contributed by atoms with Crippen molar-refractivity contribution in [2.45, 2.75) is 25.3 Å². The number of piperidine rings is 1. The zero-order valence-corrected chi connectivity index (χ0v) is 12.7. The van der Waals surface area contributed by atoms with Gasteiger partial charge in [0.25, 0.3) is 5.92 Å². The molecular formula is C18H17F3N2. The molecule has 0 bridgehead atoms. The smallest absolute Gasteiger partial charge is 0.280 e. The van der Waals surface area contributed by atoms with Gasteiger partial charge >= 0.3 is 0 Å². The van der Waals surface area contributed by atoms with Gasteiger partial charge in [0.05, 0.1) is 6.54 Å². The molecule has 1 saturated heterocycles. The van der Waals surface area contributed by atoms with Crippen molar-refractivity contribution in [1.82, 2.24) is 9.88 Å². The first kappa shape index (κ1) is 14.6. The summed E-state index contributed by atoms with van der Waals surface area (Å²) in [6, 6.07) is 9.17. The van der Waals surface area contributed by atoms with E-state index in [1.165, 1.54) is 12.1 Å². The summed E-state index contributed by atoms with van der Waals surface area (Å²) in [5, 5.41) is 4.28. The number of halogens is 3. The zero-order valence-electron chi connectivity index (χ0n) is 12.7. The van der Waals surface area contributed by atoms with Gasteiger partial charge in [-0.1, -0.05) is 11.6 Å². The fourth-order valence-corrected chi connectivity index (χ4v) is 3.62. The topological polar surface area (TPSA) is 17.0 Å². The van der Waals surface area contributed by atoms with Crippen LogP contribution in [0.15, 0.2) is 36.4 Å². The Hall–Kier alpha value is -2.01. The summed E-state index contributed by atoms with van der Waals surface area (Å²) in [7, 11) is 0. The van der Waals surface area contributed by atoms with Crippen LogP contribution in [0.1, 0.15) is 18.0 Å². The lowest BCUT2D eigenvalue weighted by atomic mass is 10.0. The Kier molecular flexibility index (Phi) is 3.17. The van der Waals surface area contributed by atoms with Crippen LogP contribution < -0.4 is 5.32 Å². The quantitative estimate of drug-likeness (QED) is 0.703. The van der Waals surface area contributed by atoms with Crippen molar-refractivity contribution in [1.29, 1.82) is 0 Å². The molecule has 1 aromatic heterocycles. The van der Waals surface area contributed by atoms with Crippen LogP contribution in [0.2, 0.25) is 0 Å². The molecule has 3 aromatic rings. The van der Waals surface area contributed by atoms with Gasteiger partial charge in [0.2, 0.25) is 0 Å². The van der Waals surface area contributed by atoms with Crippen LogP contribution >= 0.6 is 0 Å². The third-order valence-electron chi connectivity index (χ3n) is 4.67. The first-order valence-corrected chi connectivity index (χ1v) is 7.76. The minimum absolute atomic E-state index is 0.327. The summed E-state index contributed by atoms with van der Waals surface area (Å²) < 4.78 is 44.4. The van der Waals surface area contributed by atoms with Crippen LogP contribution in [0, 0.1) is 12.7 Å². The van der Waals surface area contributed by atoms with Gasteiger partial charge in [0.1, 0.15) is 11.9 Å². The third kappa shape index (κ3) is 2.22. The lowest BCUT2D eigenvalue weighted by molar-refractivity contribution is -0.0631. The molecule has 2 aromatic carbocycles. The molecule has 1 fully saturated rings. The highest BCUT2D eigenvalue weighted by atomic mass is 19.3. The molecular weight excluding hydrogens is 301 g/mol. The highest BCUT2D eigenvalue weighted by Gasteiger charge is 2.43. The number of aromatic nitrogens is 1. The monoisotopic (exact) mass is 318 g/mol. The van der Waals surface area contributed by atoms with Crippen LogP contribution in [0.4, 0.5) is 13.2 Å². The first-order valence-electron chi connectivity index (χ1n) is 7.76. The molecule has 2 nitrogen and oxygen atoms in total. The normalized spacial score (nSPS) is 21.1. The number of alkyl halides is 2. The van der Waals surface area contributed by atoms with E-state index in [-0.39, 0.29) is 12.4 Å². The maximum Gasteiger partial charge on any atom is 0.280 e. The Bertz CT molecular complexity index is 839. The van der Waals surface area contributed by atoms with Gasteiger partial charge in [0, 0.05) is 21.8 Å². The Morgan fingerprint density at radius 2 is 1.78 bits per heavy atom. The van der Waals surface area contributed by atoms with Gasteiger partial charge in [-0.2, -0.15) is 0 Å². The van der Waals surface area contributed by atoms with E-state index in [1.54, 1.807) is 10.6 Å². The predicted molar refractivity (Wildman–Crippen MR) is 85.6 cm³/mol. The van der Waals surface area contributed by atoms with Crippen LogP contribution in [-0.4, -0.2) is 23.6 Å². The lowest BCUT2D eigenvalue weighted by Crippen LogP contribution is -2.46. The molecule has 0 aliphatic carbocycles. The molecule has 23 heavy (non-hydrogen) atoms. The minimum atomic E-state index is -2.84. The number of fused-ring (bicyclic) bond motifs is 3. The summed E-state index contributed by atoms with van der Waals surface area (Å²) in [6.45, 7) is 2.17. The second kappa shape index (κ2) is 4.99. The van der Waals surface area contributed by atoms with Gasteiger partial charge in [-0.15, -0.1) is 0 Å². The predicted octanol–water partition coefficient (Wildman–Crippen LogP) is 4.41. The fraction of sp³-hybridized carbons (Fsp3) is 0.333. The zero-order chi connectivity index (χ0) is 16.2. The van der Waals surface area contributed by atoms with Gasteiger partial charge < -0.3 is 9.88 Å². The number of benzene rings is 2. The molecule has 120 valence electrons. The van der Waals surface area contributed by atoms with E-state index < -0.39 is 12.0 Å². The van der Waals surface area contributed by atoms with E-state index >= 15 is 0 Å². The largest absolute Gasteiger partial charge is 0.331 e. The second-order valence-corrected chi connectivity index (χ2v) is 6.29. The van der Waals surface area contributed by atoms with E-state index in [9.17, 15) is 13.2 Å². The fourth-order valence-electron chi connectivity index (χ4n) is 3.62. The van der Waals surface area contributed by atoms with E-state index in [2.05, 4.69) is 5.32 Å². The van der Waals surface area contributed by atoms with Crippen molar-refractivity contribution >= 4 is 21.8 Å². The van der Waals surface area contributed by atoms with Crippen molar-refractivity contribution in [3.8, 4) is 0 Å². The molecule has 4 rings (SSSR count). The molecule has 1 atom stereocenters. The van der Waals surface area contributed by atoms with Gasteiger partial charge in [-0.05, 0) is 50.2 Å². The number of nitrogens with one attached hydrogen (secondary N) is 1. The maximum atomic E-state index is 14.5. The number of aryl methyl sites for hydroxylation is 1. The van der Waals surface area contributed by atoms with Crippen molar-refractivity contribution in [2.75, 3.05) is 13.1 Å². The number of hydrogen-bond acceptors (Lipinski definition) is 1. The molecule has 2 heterocycles. The molecule has 0 radical (unpaired) electrons. The highest BCUT2D eigenvalue weighted by molar-refractivity contribution is 6.08. The summed E-state index contributed by atoms with van der Waals surface area (Å²) >= 11 is 0. The standard InChI is InChI=1S/C18H17F3N2/c1-11-2-4-15-13(8-11)14-9-12(19)3-5-16(14)23(15)17-6-7-22-10-18(17,20)21/h2-5,8-9,17,22H,6-7,10H2,1H3/t17-/m1/s1. The average Bonchev–Trinajstić information content (AvgIpc) is 2.80. The Labute approximate surface area is 131 Å². The second-order valence-electron chi connectivity index (χ2n) is 6.29. The Morgan fingerprint density at radius 1 is 1.09 bits per heavy atom. The summed E-state index contributed by atoms with van der Waals surface area (Å²) in [6.07, 6.45) is 0.344. The molecule has 0 amide bonds. The van der Waals surface area contributed by atoms with E-state index in [4.69, 9.17) is 0 Å². The molecule has 1 N–H and O–H groups in total. The molecule has 1 aliphatic rings. The highest BCUT2D eigenvalue weighted by Crippen LogP contribution is 2.41. The van der Waals surface area contributed by atoms with Crippen LogP contribution in [0.3, 0.4) is 0 Å². The van der Waals surface area contributed by atoms with E-state index in [1.807, 2.05) is 25.1 Å². The van der Waals surface area contributed by atoms with Crippen LogP contribution in [-0.2, 0) is 0 Å². The SMILES string of the molecule is Cc1ccc2c(c1)c1cc(F)ccc1n2[C@@H]1CCNCC1(F)F. The van der Waals surface area contributed by atoms with Gasteiger partial charge in [-0.25, -0.2) is 13.2 Å². The van der Waals surface area contributed by atoms with Crippen LogP contribution in [0.5, 0.6) is 0 Å². The molecule has 0 saturated carbocycles. The third-order valence-corrected chi connectivity index (χ3v) is 4.67. The van der Waals surface area contributed by atoms with Gasteiger partial charge in [0.15, 0.2) is 0 Å². The number of hydrogen-bond donors (Lipinski definition) is 1. The number of nitrogens with zero attached hydrogens (tertiary/aromatic N) is 1. The Morgan fingerprint density at radius 3 is 2.52 bits per heavy atom. The molecule has 5 heteroatoms. The average molecular weight is 318 g/mol. The summed E-state index contributed by atoms with van der Waals surface area (Å²) in [5.41, 5.74) is 2.43. The molecule has 0 unspecified atom stereocenters. The minimum Gasteiger partial charge on any atom is -0.331 e.